The molecule has 3 atom stereocenters. The van der Waals surface area contributed by atoms with Crippen molar-refractivity contribution in [2.24, 2.45) is 27.7 Å². The van der Waals surface area contributed by atoms with E-state index in [1.54, 1.807) is 25.6 Å². The average molecular weight is 519 g/mol. The van der Waals surface area contributed by atoms with E-state index in [4.69, 9.17) is 14.5 Å². The fourth-order valence-corrected chi connectivity index (χ4v) is 5.80. The summed E-state index contributed by atoms with van der Waals surface area (Å²) in [6, 6.07) is 7.25. The van der Waals surface area contributed by atoms with Crippen LogP contribution in [0.4, 0.5) is 10.2 Å². The van der Waals surface area contributed by atoms with Crippen LogP contribution in [0.5, 0.6) is 0 Å². The molecule has 0 amide bonds. The lowest BCUT2D eigenvalue weighted by molar-refractivity contribution is 0.102. The van der Waals surface area contributed by atoms with Crippen molar-refractivity contribution in [3.05, 3.63) is 70.8 Å². The number of hydrogen-bond acceptors (Lipinski definition) is 6. The lowest BCUT2D eigenvalue weighted by Gasteiger charge is -2.34. The van der Waals surface area contributed by atoms with Gasteiger partial charge in [0.15, 0.2) is 0 Å². The first-order chi connectivity index (χ1) is 18.6. The summed E-state index contributed by atoms with van der Waals surface area (Å²) in [6.07, 6.45) is 12.8. The van der Waals surface area contributed by atoms with E-state index in [1.165, 1.54) is 42.3 Å². The number of benzene rings is 1. The van der Waals surface area contributed by atoms with Gasteiger partial charge in [0.1, 0.15) is 11.6 Å². The van der Waals surface area contributed by atoms with E-state index in [0.29, 0.717) is 30.6 Å². The van der Waals surface area contributed by atoms with Crippen molar-refractivity contribution in [2.75, 3.05) is 31.7 Å². The molecule has 3 aliphatic rings. The average Bonchev–Trinajstić information content (AvgIpc) is 3.77. The number of aromatic nitrogens is 1. The molecule has 1 aliphatic carbocycles. The van der Waals surface area contributed by atoms with Crippen LogP contribution in [-0.4, -0.2) is 43.9 Å². The predicted molar refractivity (Wildman–Crippen MR) is 150 cm³/mol. The number of aliphatic imine (C=N–C) groups is 2. The number of aryl methyl sites for hydroxylation is 2. The number of halogens is 1. The molecular formula is C31H39FN4O2. The van der Waals surface area contributed by atoms with Crippen LogP contribution < -0.4 is 4.90 Å². The summed E-state index contributed by atoms with van der Waals surface area (Å²) in [5, 5.41) is 0. The molecule has 5 rings (SSSR count). The van der Waals surface area contributed by atoms with Crippen LogP contribution in [-0.2, 0) is 28.9 Å². The van der Waals surface area contributed by atoms with Crippen LogP contribution in [0.3, 0.4) is 0 Å². The van der Waals surface area contributed by atoms with Gasteiger partial charge in [-0.3, -0.25) is 4.99 Å². The van der Waals surface area contributed by atoms with Gasteiger partial charge in [0, 0.05) is 31.0 Å². The van der Waals surface area contributed by atoms with E-state index in [-0.39, 0.29) is 11.9 Å². The fraction of sp³-hybridized carbons (Fsp3) is 0.516. The molecule has 2 fully saturated rings. The van der Waals surface area contributed by atoms with Crippen LogP contribution in [0.2, 0.25) is 0 Å². The Morgan fingerprint density at radius 2 is 1.92 bits per heavy atom. The molecule has 1 aromatic heterocycles. The van der Waals surface area contributed by atoms with E-state index in [1.807, 2.05) is 18.3 Å². The zero-order chi connectivity index (χ0) is 26.5. The maximum atomic E-state index is 14.8. The molecule has 0 bridgehead atoms. The zero-order valence-electron chi connectivity index (χ0n) is 22.8. The molecule has 1 saturated heterocycles. The quantitative estimate of drug-likeness (QED) is 0.403. The van der Waals surface area contributed by atoms with Gasteiger partial charge in [-0.1, -0.05) is 32.0 Å². The minimum Gasteiger partial charge on any atom is -0.480 e. The van der Waals surface area contributed by atoms with Gasteiger partial charge in [-0.25, -0.2) is 14.4 Å². The molecule has 3 unspecified atom stereocenters. The van der Waals surface area contributed by atoms with Crippen molar-refractivity contribution < 1.29 is 13.9 Å². The largest absolute Gasteiger partial charge is 0.480 e. The lowest BCUT2D eigenvalue weighted by Crippen LogP contribution is -2.35. The smallest absolute Gasteiger partial charge is 0.228 e. The van der Waals surface area contributed by atoms with Gasteiger partial charge in [-0.05, 0) is 78.7 Å². The standard InChI is InChI=1S/C31H39FN4O2/c1-4-21-14-22(5-2)31(34-17-21)36-12-9-23(10-13-36)27-15-26(27)20-38-19-25-7-6-24(16-28(25)32)29-8-11-33-18-30(35-29)37-3/h6-8,11,14,16-18,23,26-27,29H,4-5,9-10,12-13,15,19-20H2,1-3H3. The Balaban J connectivity index is 1.08. The summed E-state index contributed by atoms with van der Waals surface area (Å²) >= 11 is 0. The van der Waals surface area contributed by atoms with Crippen molar-refractivity contribution in [1.82, 2.24) is 4.98 Å². The second-order valence-corrected chi connectivity index (χ2v) is 10.6. The first kappa shape index (κ1) is 26.5. The molecule has 1 aromatic carbocycles. The molecule has 7 heteroatoms. The maximum Gasteiger partial charge on any atom is 0.228 e. The highest BCUT2D eigenvalue weighted by Gasteiger charge is 2.43. The molecule has 6 nitrogen and oxygen atoms in total. The molecule has 38 heavy (non-hydrogen) atoms. The number of rotatable bonds is 9. The summed E-state index contributed by atoms with van der Waals surface area (Å²) in [6.45, 7) is 7.56. The van der Waals surface area contributed by atoms with Crippen molar-refractivity contribution in [1.29, 1.82) is 0 Å². The van der Waals surface area contributed by atoms with Gasteiger partial charge in [-0.15, -0.1) is 0 Å². The number of hydrogen-bond donors (Lipinski definition) is 0. The van der Waals surface area contributed by atoms with Crippen LogP contribution in [0.25, 0.3) is 0 Å². The Kier molecular flexibility index (Phi) is 8.52. The van der Waals surface area contributed by atoms with Gasteiger partial charge in [0.05, 0.1) is 32.6 Å². The number of nitrogens with zero attached hydrogens (tertiary/aromatic N) is 4. The topological polar surface area (TPSA) is 59.3 Å². The third-order valence-corrected chi connectivity index (χ3v) is 8.23. The molecule has 0 radical (unpaired) electrons. The Morgan fingerprint density at radius 3 is 2.66 bits per heavy atom. The first-order valence-corrected chi connectivity index (χ1v) is 14.0. The van der Waals surface area contributed by atoms with E-state index in [0.717, 1.165) is 43.3 Å². The monoisotopic (exact) mass is 518 g/mol. The highest BCUT2D eigenvalue weighted by Crippen LogP contribution is 2.48. The Bertz CT molecular complexity index is 1200. The number of anilines is 1. The summed E-state index contributed by atoms with van der Waals surface area (Å²) in [4.78, 5) is 15.9. The lowest BCUT2D eigenvalue weighted by atomic mass is 9.90. The number of piperidine rings is 1. The van der Waals surface area contributed by atoms with Crippen LogP contribution in [0, 0.1) is 23.6 Å². The zero-order valence-corrected chi connectivity index (χ0v) is 22.8. The molecule has 202 valence electrons. The summed E-state index contributed by atoms with van der Waals surface area (Å²) in [7, 11) is 1.55. The first-order valence-electron chi connectivity index (χ1n) is 14.0. The summed E-state index contributed by atoms with van der Waals surface area (Å²) < 4.78 is 26.0. The molecule has 1 saturated carbocycles. The van der Waals surface area contributed by atoms with Gasteiger partial charge in [0.25, 0.3) is 0 Å². The molecule has 0 N–H and O–H groups in total. The third kappa shape index (κ3) is 6.15. The molecular weight excluding hydrogens is 479 g/mol. The Hall–Kier alpha value is -3.06. The second kappa shape index (κ2) is 12.2. The van der Waals surface area contributed by atoms with Crippen LogP contribution in [0.15, 0.2) is 52.7 Å². The Labute approximate surface area is 225 Å². The van der Waals surface area contributed by atoms with Crippen molar-refractivity contribution in [3.8, 4) is 0 Å². The van der Waals surface area contributed by atoms with Crippen molar-refractivity contribution >= 4 is 17.9 Å². The summed E-state index contributed by atoms with van der Waals surface area (Å²) in [5.74, 6) is 3.43. The van der Waals surface area contributed by atoms with E-state index in [2.05, 4.69) is 34.8 Å². The van der Waals surface area contributed by atoms with E-state index >= 15 is 0 Å². The van der Waals surface area contributed by atoms with Gasteiger partial charge < -0.3 is 14.4 Å². The minimum atomic E-state index is -0.324. The van der Waals surface area contributed by atoms with Crippen LogP contribution >= 0.6 is 0 Å². The van der Waals surface area contributed by atoms with E-state index in [9.17, 15) is 4.39 Å². The normalized spacial score (nSPS) is 23.3. The molecule has 2 aliphatic heterocycles. The maximum absolute atomic E-state index is 14.8. The number of pyridine rings is 1. The SMILES string of the molecule is CCc1cnc(N2CCC(C3CC3COCc3ccc(C4C=CN=CC(OC)=N4)cc3F)CC2)c(CC)c1. The van der Waals surface area contributed by atoms with Gasteiger partial charge >= 0.3 is 0 Å². The second-order valence-electron chi connectivity index (χ2n) is 10.6. The highest BCUT2D eigenvalue weighted by molar-refractivity contribution is 6.26. The van der Waals surface area contributed by atoms with E-state index < -0.39 is 0 Å². The molecule has 3 heterocycles. The number of methoxy groups -OCH3 is 1. The van der Waals surface area contributed by atoms with Gasteiger partial charge in [0.2, 0.25) is 5.90 Å². The fourth-order valence-electron chi connectivity index (χ4n) is 5.80. The van der Waals surface area contributed by atoms with Crippen LogP contribution in [0.1, 0.15) is 61.4 Å². The minimum absolute atomic E-state index is 0.262. The molecule has 2 aromatic rings. The number of ether oxygens (including phenoxy) is 2. The van der Waals surface area contributed by atoms with Gasteiger partial charge in [-0.2, -0.15) is 0 Å². The highest BCUT2D eigenvalue weighted by atomic mass is 19.1. The third-order valence-electron chi connectivity index (χ3n) is 8.23. The van der Waals surface area contributed by atoms with Crippen molar-refractivity contribution in [2.45, 2.75) is 58.6 Å². The predicted octanol–water partition coefficient (Wildman–Crippen LogP) is 6.10. The molecule has 0 spiro atoms. The Morgan fingerprint density at radius 1 is 1.08 bits per heavy atom. The van der Waals surface area contributed by atoms with Crippen molar-refractivity contribution in [3.63, 3.8) is 0 Å². The summed E-state index contributed by atoms with van der Waals surface area (Å²) in [5.41, 5.74) is 4.03.